The Hall–Kier alpha value is -6.38. The molecular weight excluding hydrogens is 653 g/mol. The highest BCUT2D eigenvalue weighted by atomic mass is 15.2. The van der Waals surface area contributed by atoms with E-state index < -0.39 is 0 Å². The third kappa shape index (κ3) is 5.16. The van der Waals surface area contributed by atoms with Crippen LogP contribution in [0.1, 0.15) is 37.5 Å². The SMILES string of the molecule is CC1C=C(c2ccccc2)C=CC1N(c1ccc(-c2ccc3c(c2)c2ccccc2n3-c2ccccc2)cc1)c1ccc2c(c1)C(C)(C)c1ccccc1-2. The van der Waals surface area contributed by atoms with Gasteiger partial charge in [0.2, 0.25) is 0 Å². The number of para-hydroxylation sites is 2. The number of allylic oxidation sites excluding steroid dienone is 2. The summed E-state index contributed by atoms with van der Waals surface area (Å²) < 4.78 is 2.38. The van der Waals surface area contributed by atoms with E-state index in [4.69, 9.17) is 0 Å². The van der Waals surface area contributed by atoms with Gasteiger partial charge in [-0.1, -0.05) is 154 Å². The van der Waals surface area contributed by atoms with Crippen LogP contribution >= 0.6 is 0 Å². The number of hydrogen-bond donors (Lipinski definition) is 0. The predicted octanol–water partition coefficient (Wildman–Crippen LogP) is 13.6. The van der Waals surface area contributed by atoms with Gasteiger partial charge < -0.3 is 9.47 Å². The fourth-order valence-corrected chi connectivity index (χ4v) is 9.12. The lowest BCUT2D eigenvalue weighted by Gasteiger charge is -2.37. The first-order valence-corrected chi connectivity index (χ1v) is 19.1. The van der Waals surface area contributed by atoms with Gasteiger partial charge >= 0.3 is 0 Å². The van der Waals surface area contributed by atoms with Gasteiger partial charge in [-0.2, -0.15) is 0 Å². The van der Waals surface area contributed by atoms with E-state index in [1.807, 2.05) is 0 Å². The molecule has 2 aliphatic rings. The minimum Gasteiger partial charge on any atom is -0.334 e. The lowest BCUT2D eigenvalue weighted by molar-refractivity contribution is 0.610. The van der Waals surface area contributed by atoms with E-state index in [9.17, 15) is 0 Å². The molecule has 2 atom stereocenters. The molecule has 10 rings (SSSR count). The van der Waals surface area contributed by atoms with Crippen LogP contribution in [-0.4, -0.2) is 10.6 Å². The normalized spacial score (nSPS) is 17.0. The van der Waals surface area contributed by atoms with Crippen molar-refractivity contribution in [3.05, 3.63) is 205 Å². The number of anilines is 2. The molecule has 0 bridgehead atoms. The molecular formula is C52H42N2. The van der Waals surface area contributed by atoms with Gasteiger partial charge in [-0.05, 0) is 105 Å². The van der Waals surface area contributed by atoms with Gasteiger partial charge in [-0.15, -0.1) is 0 Å². The van der Waals surface area contributed by atoms with Gasteiger partial charge in [0, 0.05) is 33.2 Å². The predicted molar refractivity (Wildman–Crippen MR) is 229 cm³/mol. The molecule has 260 valence electrons. The Kier molecular flexibility index (Phi) is 7.56. The molecule has 1 aromatic heterocycles. The van der Waals surface area contributed by atoms with Crippen molar-refractivity contribution in [1.82, 2.24) is 4.57 Å². The molecule has 0 fully saturated rings. The van der Waals surface area contributed by atoms with Crippen LogP contribution in [0.2, 0.25) is 0 Å². The Morgan fingerprint density at radius 1 is 0.519 bits per heavy atom. The van der Waals surface area contributed by atoms with Gasteiger partial charge in [0.25, 0.3) is 0 Å². The largest absolute Gasteiger partial charge is 0.334 e. The summed E-state index contributed by atoms with van der Waals surface area (Å²) in [6.07, 6.45) is 7.16. The van der Waals surface area contributed by atoms with Crippen LogP contribution in [0.5, 0.6) is 0 Å². The van der Waals surface area contributed by atoms with Crippen molar-refractivity contribution in [2.45, 2.75) is 32.2 Å². The van der Waals surface area contributed by atoms with Gasteiger partial charge in [-0.25, -0.2) is 0 Å². The summed E-state index contributed by atoms with van der Waals surface area (Å²) in [5.41, 5.74) is 16.4. The molecule has 8 aromatic rings. The van der Waals surface area contributed by atoms with Crippen molar-refractivity contribution in [3.63, 3.8) is 0 Å². The summed E-state index contributed by atoms with van der Waals surface area (Å²) in [5.74, 6) is 0.285. The molecule has 0 amide bonds. The number of nitrogens with zero attached hydrogens (tertiary/aromatic N) is 2. The summed E-state index contributed by atoms with van der Waals surface area (Å²) in [6, 6.07) is 62.5. The number of hydrogen-bond acceptors (Lipinski definition) is 1. The number of fused-ring (bicyclic) bond motifs is 6. The van der Waals surface area contributed by atoms with Gasteiger partial charge in [0.05, 0.1) is 17.1 Å². The smallest absolute Gasteiger partial charge is 0.0585 e. The zero-order valence-electron chi connectivity index (χ0n) is 30.9. The molecule has 54 heavy (non-hydrogen) atoms. The van der Waals surface area contributed by atoms with E-state index in [2.05, 4.69) is 218 Å². The summed E-state index contributed by atoms with van der Waals surface area (Å²) in [5, 5.41) is 2.53. The Labute approximate surface area is 318 Å². The third-order valence-corrected chi connectivity index (χ3v) is 11.9. The molecule has 0 saturated carbocycles. The number of rotatable bonds is 6. The molecule has 0 radical (unpaired) electrons. The second kappa shape index (κ2) is 12.6. The first-order valence-electron chi connectivity index (χ1n) is 19.1. The Bertz CT molecular complexity index is 2750. The highest BCUT2D eigenvalue weighted by molar-refractivity contribution is 6.10. The second-order valence-electron chi connectivity index (χ2n) is 15.4. The van der Waals surface area contributed by atoms with Gasteiger partial charge in [0.15, 0.2) is 0 Å². The molecule has 2 heteroatoms. The summed E-state index contributed by atoms with van der Waals surface area (Å²) in [6.45, 7) is 7.09. The van der Waals surface area contributed by atoms with E-state index in [0.717, 1.165) is 0 Å². The maximum atomic E-state index is 2.55. The van der Waals surface area contributed by atoms with E-state index in [-0.39, 0.29) is 17.4 Å². The van der Waals surface area contributed by atoms with Crippen molar-refractivity contribution in [3.8, 4) is 27.9 Å². The molecule has 0 spiro atoms. The van der Waals surface area contributed by atoms with E-state index in [1.54, 1.807) is 0 Å². The third-order valence-electron chi connectivity index (χ3n) is 11.9. The van der Waals surface area contributed by atoms with Crippen molar-refractivity contribution in [2.75, 3.05) is 4.90 Å². The van der Waals surface area contributed by atoms with Crippen LogP contribution in [0.3, 0.4) is 0 Å². The molecule has 2 aliphatic carbocycles. The van der Waals surface area contributed by atoms with E-state index >= 15 is 0 Å². The van der Waals surface area contributed by atoms with Crippen LogP contribution in [-0.2, 0) is 5.41 Å². The zero-order valence-corrected chi connectivity index (χ0v) is 30.9. The fraction of sp³-hybridized carbons (Fsp3) is 0.115. The van der Waals surface area contributed by atoms with Crippen LogP contribution in [0.15, 0.2) is 188 Å². The topological polar surface area (TPSA) is 8.17 Å². The average Bonchev–Trinajstić information content (AvgIpc) is 3.67. The molecule has 0 aliphatic heterocycles. The first-order chi connectivity index (χ1) is 26.5. The van der Waals surface area contributed by atoms with Gasteiger partial charge in [0.1, 0.15) is 0 Å². The Morgan fingerprint density at radius 2 is 1.17 bits per heavy atom. The van der Waals surface area contributed by atoms with Crippen molar-refractivity contribution in [1.29, 1.82) is 0 Å². The average molecular weight is 695 g/mol. The number of benzene rings is 7. The van der Waals surface area contributed by atoms with E-state index in [0.29, 0.717) is 0 Å². The first kappa shape index (κ1) is 32.3. The lowest BCUT2D eigenvalue weighted by Crippen LogP contribution is -2.35. The molecule has 0 N–H and O–H groups in total. The Morgan fingerprint density at radius 3 is 1.96 bits per heavy atom. The molecule has 1 heterocycles. The summed E-state index contributed by atoms with van der Waals surface area (Å²) in [7, 11) is 0. The van der Waals surface area contributed by atoms with Gasteiger partial charge in [-0.3, -0.25) is 0 Å². The Balaban J connectivity index is 1.06. The highest BCUT2D eigenvalue weighted by Crippen LogP contribution is 2.50. The minimum absolute atomic E-state index is 0.0753. The lowest BCUT2D eigenvalue weighted by atomic mass is 9.82. The van der Waals surface area contributed by atoms with Crippen LogP contribution in [0, 0.1) is 5.92 Å². The molecule has 2 unspecified atom stereocenters. The van der Waals surface area contributed by atoms with Crippen LogP contribution in [0.4, 0.5) is 11.4 Å². The van der Waals surface area contributed by atoms with E-state index in [1.165, 1.54) is 83.4 Å². The second-order valence-corrected chi connectivity index (χ2v) is 15.4. The molecule has 2 nitrogen and oxygen atoms in total. The quantitative estimate of drug-likeness (QED) is 0.168. The number of aromatic nitrogens is 1. The van der Waals surface area contributed by atoms with Crippen molar-refractivity contribution < 1.29 is 0 Å². The fourth-order valence-electron chi connectivity index (χ4n) is 9.12. The monoisotopic (exact) mass is 694 g/mol. The maximum Gasteiger partial charge on any atom is 0.0585 e. The minimum atomic E-state index is -0.0753. The van der Waals surface area contributed by atoms with Crippen LogP contribution in [0.25, 0.3) is 55.3 Å². The molecule has 7 aromatic carbocycles. The summed E-state index contributed by atoms with van der Waals surface area (Å²) in [4.78, 5) is 2.55. The van der Waals surface area contributed by atoms with Crippen molar-refractivity contribution >= 4 is 38.8 Å². The maximum absolute atomic E-state index is 2.55. The van der Waals surface area contributed by atoms with Crippen LogP contribution < -0.4 is 4.90 Å². The molecule has 0 saturated heterocycles. The highest BCUT2D eigenvalue weighted by Gasteiger charge is 2.36. The summed E-state index contributed by atoms with van der Waals surface area (Å²) >= 11 is 0. The zero-order chi connectivity index (χ0) is 36.4. The standard InChI is InChI=1S/C52H42N2/c1-35-32-38(36-14-6-4-7-15-36)24-30-49(35)53(42-28-29-44-43-18-10-12-20-47(43)52(2,3)48(44)34-42)41-26-22-37(23-27-41)39-25-31-51-46(33-39)45-19-11-13-21-50(45)54(51)40-16-8-5-9-17-40/h4-35,49H,1-3H3. The van der Waals surface area contributed by atoms with Crippen molar-refractivity contribution in [2.24, 2.45) is 5.92 Å².